The van der Waals surface area contributed by atoms with Gasteiger partial charge in [-0.15, -0.1) is 0 Å². The Morgan fingerprint density at radius 3 is 2.38 bits per heavy atom. The van der Waals surface area contributed by atoms with E-state index >= 15 is 0 Å². The predicted molar refractivity (Wildman–Crippen MR) is 85.2 cm³/mol. The lowest BCUT2D eigenvalue weighted by atomic mass is 9.99. The number of nitriles is 1. The quantitative estimate of drug-likeness (QED) is 0.455. The van der Waals surface area contributed by atoms with E-state index in [1.54, 1.807) is 6.07 Å². The van der Waals surface area contributed by atoms with Gasteiger partial charge in [0.25, 0.3) is 0 Å². The fourth-order valence-corrected chi connectivity index (χ4v) is 1.95. The number of hydrazone groups is 1. The Bertz CT molecular complexity index is 740. The van der Waals surface area contributed by atoms with Crippen molar-refractivity contribution in [2.75, 3.05) is 5.43 Å². The normalized spacial score (nSPS) is 10.8. The average molecular weight is 277 g/mol. The summed E-state index contributed by atoms with van der Waals surface area (Å²) in [6.45, 7) is 2.03. The molecule has 2 aromatic rings. The fourth-order valence-electron chi connectivity index (χ4n) is 1.95. The molecule has 0 spiro atoms. The Kier molecular flexibility index (Phi) is 4.32. The van der Waals surface area contributed by atoms with Crippen LogP contribution in [0.5, 0.6) is 0 Å². The number of aryl methyl sites for hydroxylation is 1. The third-order valence-electron chi connectivity index (χ3n) is 3.01. The van der Waals surface area contributed by atoms with Crippen molar-refractivity contribution < 1.29 is 0 Å². The summed E-state index contributed by atoms with van der Waals surface area (Å²) in [4.78, 5) is 0. The molecular formula is C16H15N5. The van der Waals surface area contributed by atoms with E-state index in [2.05, 4.69) is 10.5 Å². The number of anilines is 1. The third kappa shape index (κ3) is 3.25. The van der Waals surface area contributed by atoms with Gasteiger partial charge in [0.1, 0.15) is 6.07 Å². The minimum Gasteiger partial charge on any atom is -0.382 e. The monoisotopic (exact) mass is 277 g/mol. The second kappa shape index (κ2) is 6.35. The van der Waals surface area contributed by atoms with Crippen molar-refractivity contribution in [3.05, 3.63) is 54.1 Å². The van der Waals surface area contributed by atoms with Crippen LogP contribution in [0.25, 0.3) is 11.1 Å². The highest BCUT2D eigenvalue weighted by atomic mass is 15.3. The number of rotatable bonds is 4. The summed E-state index contributed by atoms with van der Waals surface area (Å²) >= 11 is 0. The summed E-state index contributed by atoms with van der Waals surface area (Å²) in [6, 6.07) is 17.4. The molecule has 2 aromatic carbocycles. The summed E-state index contributed by atoms with van der Waals surface area (Å²) in [7, 11) is 0. The van der Waals surface area contributed by atoms with E-state index in [0.717, 1.165) is 22.4 Å². The van der Waals surface area contributed by atoms with E-state index in [4.69, 9.17) is 16.4 Å². The van der Waals surface area contributed by atoms with Gasteiger partial charge in [-0.05, 0) is 24.1 Å². The standard InChI is InChI=1S/C16H15N5/c1-11-6-2-3-7-12(11)13-8-4-5-9-14(13)20-21-15(10-17)16(18)19/h2-9,20H,1H3,(H3,18,19)/b21-15+. The van der Waals surface area contributed by atoms with Gasteiger partial charge in [-0.3, -0.25) is 10.8 Å². The van der Waals surface area contributed by atoms with Crippen LogP contribution in [0, 0.1) is 23.7 Å². The van der Waals surface area contributed by atoms with E-state index in [9.17, 15) is 0 Å². The topological polar surface area (TPSA) is 98.0 Å². The van der Waals surface area contributed by atoms with E-state index < -0.39 is 0 Å². The van der Waals surface area contributed by atoms with Crippen LogP contribution in [-0.4, -0.2) is 11.5 Å². The van der Waals surface area contributed by atoms with Gasteiger partial charge in [0.2, 0.25) is 5.71 Å². The summed E-state index contributed by atoms with van der Waals surface area (Å²) in [5.41, 5.74) is 11.9. The summed E-state index contributed by atoms with van der Waals surface area (Å²) in [5, 5.41) is 20.0. The maximum absolute atomic E-state index is 8.86. The molecule has 0 fully saturated rings. The first kappa shape index (κ1) is 14.3. The zero-order chi connectivity index (χ0) is 15.2. The number of nitrogens with zero attached hydrogens (tertiary/aromatic N) is 2. The molecule has 0 heterocycles. The van der Waals surface area contributed by atoms with Crippen molar-refractivity contribution in [2.24, 2.45) is 10.8 Å². The van der Waals surface area contributed by atoms with Crippen LogP contribution in [0.2, 0.25) is 0 Å². The van der Waals surface area contributed by atoms with Crippen LogP contribution < -0.4 is 11.2 Å². The smallest absolute Gasteiger partial charge is 0.201 e. The molecule has 4 N–H and O–H groups in total. The SMILES string of the molecule is Cc1ccccc1-c1ccccc1N/N=C(\C#N)C(=N)N. The molecule has 0 saturated carbocycles. The van der Waals surface area contributed by atoms with Gasteiger partial charge in [0.05, 0.1) is 5.69 Å². The van der Waals surface area contributed by atoms with Crippen molar-refractivity contribution in [1.29, 1.82) is 10.7 Å². The maximum atomic E-state index is 8.86. The molecular weight excluding hydrogens is 262 g/mol. The highest BCUT2D eigenvalue weighted by Gasteiger charge is 2.07. The third-order valence-corrected chi connectivity index (χ3v) is 3.01. The summed E-state index contributed by atoms with van der Waals surface area (Å²) in [6.07, 6.45) is 0. The minimum absolute atomic E-state index is 0.144. The lowest BCUT2D eigenvalue weighted by molar-refractivity contribution is 1.33. The number of hydrogen-bond acceptors (Lipinski definition) is 4. The van der Waals surface area contributed by atoms with Crippen molar-refractivity contribution in [3.8, 4) is 17.2 Å². The van der Waals surface area contributed by atoms with Gasteiger partial charge >= 0.3 is 0 Å². The van der Waals surface area contributed by atoms with Gasteiger partial charge in [-0.1, -0.05) is 42.5 Å². The Labute approximate surface area is 123 Å². The molecule has 0 bridgehead atoms. The molecule has 104 valence electrons. The Balaban J connectivity index is 2.42. The first-order valence-electron chi connectivity index (χ1n) is 6.36. The number of nitrogens with one attached hydrogen (secondary N) is 2. The Morgan fingerprint density at radius 1 is 1.14 bits per heavy atom. The molecule has 0 atom stereocenters. The molecule has 21 heavy (non-hydrogen) atoms. The summed E-state index contributed by atoms with van der Waals surface area (Å²) in [5.74, 6) is -0.363. The minimum atomic E-state index is -0.363. The number of benzene rings is 2. The molecule has 0 unspecified atom stereocenters. The van der Waals surface area contributed by atoms with E-state index in [1.165, 1.54) is 0 Å². The lowest BCUT2D eigenvalue weighted by Gasteiger charge is -2.11. The predicted octanol–water partition coefficient (Wildman–Crippen LogP) is 2.89. The maximum Gasteiger partial charge on any atom is 0.201 e. The van der Waals surface area contributed by atoms with Crippen LogP contribution in [0.4, 0.5) is 5.69 Å². The number of nitrogens with two attached hydrogens (primary N) is 1. The molecule has 5 heteroatoms. The molecule has 0 aliphatic heterocycles. The van der Waals surface area contributed by atoms with Crippen LogP contribution in [0.1, 0.15) is 5.56 Å². The molecule has 0 amide bonds. The Hall–Kier alpha value is -3.13. The van der Waals surface area contributed by atoms with Crippen LogP contribution >= 0.6 is 0 Å². The largest absolute Gasteiger partial charge is 0.382 e. The van der Waals surface area contributed by atoms with Gasteiger partial charge in [0.15, 0.2) is 5.84 Å². The number of para-hydroxylation sites is 1. The van der Waals surface area contributed by atoms with E-state index in [-0.39, 0.29) is 11.5 Å². The van der Waals surface area contributed by atoms with Gasteiger partial charge in [-0.25, -0.2) is 0 Å². The molecule has 0 aliphatic carbocycles. The molecule has 0 aliphatic rings. The fraction of sp³-hybridized carbons (Fsp3) is 0.0625. The van der Waals surface area contributed by atoms with Crippen molar-refractivity contribution in [1.82, 2.24) is 0 Å². The van der Waals surface area contributed by atoms with Crippen LogP contribution in [-0.2, 0) is 0 Å². The highest BCUT2D eigenvalue weighted by molar-refractivity contribution is 6.45. The lowest BCUT2D eigenvalue weighted by Crippen LogP contribution is -2.21. The van der Waals surface area contributed by atoms with Crippen LogP contribution in [0.15, 0.2) is 53.6 Å². The molecule has 5 nitrogen and oxygen atoms in total. The van der Waals surface area contributed by atoms with Crippen molar-refractivity contribution in [2.45, 2.75) is 6.92 Å². The van der Waals surface area contributed by atoms with E-state index in [0.29, 0.717) is 0 Å². The zero-order valence-electron chi connectivity index (χ0n) is 11.6. The van der Waals surface area contributed by atoms with Crippen LogP contribution in [0.3, 0.4) is 0 Å². The number of hydrogen-bond donors (Lipinski definition) is 3. The second-order valence-corrected chi connectivity index (χ2v) is 4.46. The van der Waals surface area contributed by atoms with Crippen molar-refractivity contribution >= 4 is 17.2 Å². The number of amidine groups is 1. The van der Waals surface area contributed by atoms with Gasteiger partial charge < -0.3 is 5.73 Å². The molecule has 2 rings (SSSR count). The zero-order valence-corrected chi connectivity index (χ0v) is 11.6. The average Bonchev–Trinajstić information content (AvgIpc) is 2.49. The van der Waals surface area contributed by atoms with E-state index in [1.807, 2.05) is 55.5 Å². The van der Waals surface area contributed by atoms with Gasteiger partial charge in [-0.2, -0.15) is 10.4 Å². The molecule has 0 saturated heterocycles. The Morgan fingerprint density at radius 2 is 1.76 bits per heavy atom. The highest BCUT2D eigenvalue weighted by Crippen LogP contribution is 2.30. The molecule has 0 aromatic heterocycles. The van der Waals surface area contributed by atoms with Gasteiger partial charge in [0, 0.05) is 5.56 Å². The second-order valence-electron chi connectivity index (χ2n) is 4.46. The summed E-state index contributed by atoms with van der Waals surface area (Å²) < 4.78 is 0. The van der Waals surface area contributed by atoms with Crippen molar-refractivity contribution in [3.63, 3.8) is 0 Å². The first-order valence-corrected chi connectivity index (χ1v) is 6.36. The first-order chi connectivity index (χ1) is 10.1. The molecule has 0 radical (unpaired) electrons.